The quantitative estimate of drug-likeness (QED) is 0.554. The van der Waals surface area contributed by atoms with Gasteiger partial charge in [-0.1, -0.05) is 0 Å². The van der Waals surface area contributed by atoms with Crippen LogP contribution in [0.15, 0.2) is 0 Å². The molecule has 0 heterocycles. The van der Waals surface area contributed by atoms with E-state index in [0.717, 1.165) is 0 Å². The standard InChI is InChI=1S/C7H14N2O/c1-7(2,6-10)9-5-3-4-8/h9-10H,3,5-6H2,1-2H3. The van der Waals surface area contributed by atoms with Gasteiger partial charge in [0.1, 0.15) is 0 Å². The van der Waals surface area contributed by atoms with Crippen LogP contribution in [0.2, 0.25) is 0 Å². The van der Waals surface area contributed by atoms with Crippen molar-refractivity contribution in [2.75, 3.05) is 13.2 Å². The maximum Gasteiger partial charge on any atom is 0.0635 e. The van der Waals surface area contributed by atoms with Gasteiger partial charge in [0.15, 0.2) is 0 Å². The van der Waals surface area contributed by atoms with Gasteiger partial charge in [0.05, 0.1) is 12.7 Å². The van der Waals surface area contributed by atoms with Gasteiger partial charge in [-0.2, -0.15) is 5.26 Å². The Morgan fingerprint density at radius 1 is 1.60 bits per heavy atom. The first-order valence-corrected chi connectivity index (χ1v) is 3.35. The molecule has 3 nitrogen and oxygen atoms in total. The van der Waals surface area contributed by atoms with E-state index in [-0.39, 0.29) is 12.1 Å². The summed E-state index contributed by atoms with van der Waals surface area (Å²) < 4.78 is 0. The molecule has 0 amide bonds. The number of nitriles is 1. The maximum atomic E-state index is 8.75. The average molecular weight is 142 g/mol. The average Bonchev–Trinajstić information content (AvgIpc) is 1.89. The van der Waals surface area contributed by atoms with Crippen LogP contribution >= 0.6 is 0 Å². The van der Waals surface area contributed by atoms with Crippen LogP contribution in [0, 0.1) is 11.3 Å². The van der Waals surface area contributed by atoms with Crippen LogP contribution in [-0.4, -0.2) is 23.8 Å². The monoisotopic (exact) mass is 142 g/mol. The molecule has 0 radical (unpaired) electrons. The fourth-order valence-corrected chi connectivity index (χ4v) is 0.513. The molecule has 0 aromatic heterocycles. The summed E-state index contributed by atoms with van der Waals surface area (Å²) >= 11 is 0. The van der Waals surface area contributed by atoms with Crippen LogP contribution in [-0.2, 0) is 0 Å². The van der Waals surface area contributed by atoms with Crippen LogP contribution in [0.3, 0.4) is 0 Å². The molecule has 0 aromatic carbocycles. The molecule has 0 aliphatic rings. The molecule has 0 spiro atoms. The molecule has 0 saturated carbocycles. The lowest BCUT2D eigenvalue weighted by Crippen LogP contribution is -2.42. The molecule has 58 valence electrons. The number of nitrogens with zero attached hydrogens (tertiary/aromatic N) is 1. The predicted molar refractivity (Wildman–Crippen MR) is 39.4 cm³/mol. The zero-order chi connectivity index (χ0) is 8.04. The second kappa shape index (κ2) is 4.26. The van der Waals surface area contributed by atoms with Crippen LogP contribution in [0.5, 0.6) is 0 Å². The Morgan fingerprint density at radius 3 is 2.60 bits per heavy atom. The molecule has 10 heavy (non-hydrogen) atoms. The van der Waals surface area contributed by atoms with Crippen molar-refractivity contribution in [3.05, 3.63) is 0 Å². The van der Waals surface area contributed by atoms with Gasteiger partial charge in [-0.3, -0.25) is 0 Å². The smallest absolute Gasteiger partial charge is 0.0635 e. The molecule has 0 bridgehead atoms. The molecular formula is C7H14N2O. The molecule has 3 heteroatoms. The summed E-state index contributed by atoms with van der Waals surface area (Å²) in [6.07, 6.45) is 0.490. The minimum absolute atomic E-state index is 0.0957. The summed E-state index contributed by atoms with van der Waals surface area (Å²) in [5.41, 5.74) is -0.253. The highest BCUT2D eigenvalue weighted by Gasteiger charge is 2.13. The summed E-state index contributed by atoms with van der Waals surface area (Å²) in [6.45, 7) is 4.53. The van der Waals surface area contributed by atoms with Crippen molar-refractivity contribution in [3.63, 3.8) is 0 Å². The molecule has 0 atom stereocenters. The van der Waals surface area contributed by atoms with E-state index < -0.39 is 0 Å². The zero-order valence-corrected chi connectivity index (χ0v) is 6.52. The van der Waals surface area contributed by atoms with E-state index in [4.69, 9.17) is 10.4 Å². The largest absolute Gasteiger partial charge is 0.394 e. The first-order chi connectivity index (χ1) is 4.62. The third-order valence-corrected chi connectivity index (χ3v) is 1.24. The minimum atomic E-state index is -0.253. The third-order valence-electron chi connectivity index (χ3n) is 1.24. The molecule has 2 N–H and O–H groups in total. The van der Waals surface area contributed by atoms with E-state index in [9.17, 15) is 0 Å². The molecule has 0 aliphatic carbocycles. The fourth-order valence-electron chi connectivity index (χ4n) is 0.513. The number of rotatable bonds is 4. The first kappa shape index (κ1) is 9.41. The van der Waals surface area contributed by atoms with Gasteiger partial charge < -0.3 is 10.4 Å². The number of hydrogen-bond acceptors (Lipinski definition) is 3. The lowest BCUT2D eigenvalue weighted by atomic mass is 10.1. The van der Waals surface area contributed by atoms with Gasteiger partial charge in [-0.25, -0.2) is 0 Å². The van der Waals surface area contributed by atoms with Gasteiger partial charge in [0, 0.05) is 18.5 Å². The van der Waals surface area contributed by atoms with Gasteiger partial charge in [-0.15, -0.1) is 0 Å². The van der Waals surface area contributed by atoms with E-state index >= 15 is 0 Å². The second-order valence-corrected chi connectivity index (χ2v) is 2.88. The fraction of sp³-hybridized carbons (Fsp3) is 0.857. The zero-order valence-electron chi connectivity index (χ0n) is 6.52. The third kappa shape index (κ3) is 4.30. The minimum Gasteiger partial charge on any atom is -0.394 e. The van der Waals surface area contributed by atoms with Gasteiger partial charge in [0.25, 0.3) is 0 Å². The molecule has 0 fully saturated rings. The molecule has 0 saturated heterocycles. The number of hydrogen-bond donors (Lipinski definition) is 2. The Hall–Kier alpha value is -0.590. The van der Waals surface area contributed by atoms with Crippen molar-refractivity contribution < 1.29 is 5.11 Å². The topological polar surface area (TPSA) is 56.0 Å². The lowest BCUT2D eigenvalue weighted by molar-refractivity contribution is 0.190. The highest BCUT2D eigenvalue weighted by molar-refractivity contribution is 4.79. The SMILES string of the molecule is CC(C)(CO)NCCC#N. The van der Waals surface area contributed by atoms with Gasteiger partial charge in [-0.05, 0) is 13.8 Å². The number of aliphatic hydroxyl groups excluding tert-OH is 1. The van der Waals surface area contributed by atoms with Gasteiger partial charge >= 0.3 is 0 Å². The summed E-state index contributed by atoms with van der Waals surface area (Å²) in [6, 6.07) is 2.02. The summed E-state index contributed by atoms with van der Waals surface area (Å²) in [5.74, 6) is 0. The van der Waals surface area contributed by atoms with Crippen molar-refractivity contribution in [3.8, 4) is 6.07 Å². The summed E-state index contributed by atoms with van der Waals surface area (Å²) in [4.78, 5) is 0. The van der Waals surface area contributed by atoms with E-state index in [0.29, 0.717) is 13.0 Å². The highest BCUT2D eigenvalue weighted by atomic mass is 16.3. The summed E-state index contributed by atoms with van der Waals surface area (Å²) in [5, 5.41) is 20.0. The Labute approximate surface area is 61.7 Å². The van der Waals surface area contributed by atoms with E-state index in [1.165, 1.54) is 0 Å². The predicted octanol–water partition coefficient (Wildman–Crippen LogP) is 0.261. The van der Waals surface area contributed by atoms with E-state index in [2.05, 4.69) is 5.32 Å². The first-order valence-electron chi connectivity index (χ1n) is 3.35. The van der Waals surface area contributed by atoms with E-state index in [1.54, 1.807) is 0 Å². The Bertz CT molecular complexity index is 126. The van der Waals surface area contributed by atoms with Crippen LogP contribution in [0.25, 0.3) is 0 Å². The highest BCUT2D eigenvalue weighted by Crippen LogP contribution is 1.98. The molecule has 0 aromatic rings. The lowest BCUT2D eigenvalue weighted by Gasteiger charge is -2.22. The second-order valence-electron chi connectivity index (χ2n) is 2.88. The Morgan fingerprint density at radius 2 is 2.20 bits per heavy atom. The van der Waals surface area contributed by atoms with Crippen molar-refractivity contribution in [2.45, 2.75) is 25.8 Å². The number of nitrogens with one attached hydrogen (secondary N) is 1. The maximum absolute atomic E-state index is 8.75. The molecule has 0 rings (SSSR count). The van der Waals surface area contributed by atoms with Crippen molar-refractivity contribution in [2.24, 2.45) is 0 Å². The molecule has 0 unspecified atom stereocenters. The molecular weight excluding hydrogens is 128 g/mol. The van der Waals surface area contributed by atoms with Crippen LogP contribution < -0.4 is 5.32 Å². The molecule has 0 aliphatic heterocycles. The Kier molecular flexibility index (Phi) is 4.01. The van der Waals surface area contributed by atoms with Crippen molar-refractivity contribution in [1.29, 1.82) is 5.26 Å². The van der Waals surface area contributed by atoms with Crippen molar-refractivity contribution >= 4 is 0 Å². The van der Waals surface area contributed by atoms with Gasteiger partial charge in [0.2, 0.25) is 0 Å². The summed E-state index contributed by atoms with van der Waals surface area (Å²) in [7, 11) is 0. The van der Waals surface area contributed by atoms with Crippen molar-refractivity contribution in [1.82, 2.24) is 5.32 Å². The number of aliphatic hydroxyl groups is 1. The van der Waals surface area contributed by atoms with Crippen LogP contribution in [0.1, 0.15) is 20.3 Å². The Balaban J connectivity index is 3.39. The van der Waals surface area contributed by atoms with E-state index in [1.807, 2.05) is 19.9 Å². The van der Waals surface area contributed by atoms with Crippen LogP contribution in [0.4, 0.5) is 0 Å². The normalized spacial score (nSPS) is 11.0.